The summed E-state index contributed by atoms with van der Waals surface area (Å²) in [5, 5.41) is 14.3. The molecule has 154 valence electrons. The molecule has 0 radical (unpaired) electrons. The van der Waals surface area contributed by atoms with Crippen LogP contribution in [0.1, 0.15) is 17.4 Å². The van der Waals surface area contributed by atoms with E-state index in [9.17, 15) is 23.1 Å². The number of carboxylic acid groups (broad SMARTS) is 1. The molecule has 1 amide bonds. The number of rotatable bonds is 6. The van der Waals surface area contributed by atoms with Gasteiger partial charge in [0, 0.05) is 36.2 Å². The van der Waals surface area contributed by atoms with Crippen molar-refractivity contribution in [2.75, 3.05) is 31.6 Å². The maximum Gasteiger partial charge on any atom is 0.252 e. The number of nitrogens with one attached hydrogen (secondary N) is 1. The standard InChI is InChI=1S/C19H20N2O6S2/c1-13(22)20-15-4-2-14(3-5-15)12-16(19(23)24)17-6-7-18(28-17)29(25,26)21-8-10-27-11-9-21/h2-7,12H,8-11H2,1H3,(H,20,22)(H,23,24)/p-1/b16-12+. The SMILES string of the molecule is CC(=O)Nc1ccc(/C=C(/C(=O)[O-])c2ccc(S(=O)(=O)N3CCOCC3)s2)cc1. The number of ether oxygens (including phenoxy) is 1. The molecule has 0 spiro atoms. The number of morpholine rings is 1. The third kappa shape index (κ3) is 5.10. The molecule has 2 aromatic rings. The number of sulfonamides is 1. The fraction of sp³-hybridized carbons (Fsp3) is 0.263. The van der Waals surface area contributed by atoms with Crippen LogP contribution in [0.4, 0.5) is 5.69 Å². The normalized spacial score (nSPS) is 15.8. The summed E-state index contributed by atoms with van der Waals surface area (Å²) in [5.41, 5.74) is 1.04. The number of carbonyl (C=O) groups is 2. The van der Waals surface area contributed by atoms with E-state index in [0.29, 0.717) is 24.5 Å². The third-order valence-electron chi connectivity index (χ3n) is 4.17. The van der Waals surface area contributed by atoms with Gasteiger partial charge in [-0.25, -0.2) is 8.42 Å². The smallest absolute Gasteiger partial charge is 0.252 e. The maximum atomic E-state index is 12.7. The van der Waals surface area contributed by atoms with Crippen molar-refractivity contribution in [1.82, 2.24) is 4.31 Å². The number of thiophene rings is 1. The summed E-state index contributed by atoms with van der Waals surface area (Å²) >= 11 is 0.884. The first-order valence-electron chi connectivity index (χ1n) is 8.76. The third-order valence-corrected chi connectivity index (χ3v) is 7.66. The van der Waals surface area contributed by atoms with Gasteiger partial charge in [-0.1, -0.05) is 12.1 Å². The highest BCUT2D eigenvalue weighted by Crippen LogP contribution is 2.31. The average Bonchev–Trinajstić information content (AvgIpc) is 3.18. The van der Waals surface area contributed by atoms with Crippen molar-refractivity contribution in [3.8, 4) is 0 Å². The summed E-state index contributed by atoms with van der Waals surface area (Å²) in [5.74, 6) is -1.62. The van der Waals surface area contributed by atoms with Crippen LogP contribution in [-0.4, -0.2) is 50.9 Å². The van der Waals surface area contributed by atoms with Crippen LogP contribution in [0.2, 0.25) is 0 Å². The first-order valence-corrected chi connectivity index (χ1v) is 11.0. The number of amides is 1. The Morgan fingerprint density at radius 3 is 2.38 bits per heavy atom. The second-order valence-corrected chi connectivity index (χ2v) is 9.53. The molecule has 10 heteroatoms. The molecule has 1 aromatic carbocycles. The molecule has 1 N–H and O–H groups in total. The average molecular weight is 436 g/mol. The molecule has 29 heavy (non-hydrogen) atoms. The van der Waals surface area contributed by atoms with Gasteiger partial charge in [-0.2, -0.15) is 4.31 Å². The Bertz CT molecular complexity index is 1030. The van der Waals surface area contributed by atoms with Gasteiger partial charge in [0.1, 0.15) is 4.21 Å². The van der Waals surface area contributed by atoms with Gasteiger partial charge in [-0.05, 0) is 35.9 Å². The summed E-state index contributed by atoms with van der Waals surface area (Å²) in [6, 6.07) is 9.44. The highest BCUT2D eigenvalue weighted by atomic mass is 32.2. The summed E-state index contributed by atoms with van der Waals surface area (Å²) < 4.78 is 32.1. The van der Waals surface area contributed by atoms with Crippen LogP contribution in [0, 0.1) is 0 Å². The van der Waals surface area contributed by atoms with E-state index in [1.807, 2.05) is 0 Å². The zero-order chi connectivity index (χ0) is 21.0. The molecule has 0 bridgehead atoms. The Morgan fingerprint density at radius 1 is 1.14 bits per heavy atom. The minimum absolute atomic E-state index is 0.0718. The molecule has 0 aliphatic carbocycles. The van der Waals surface area contributed by atoms with Gasteiger partial charge >= 0.3 is 0 Å². The van der Waals surface area contributed by atoms with Gasteiger partial charge < -0.3 is 20.0 Å². The number of hydrogen-bond donors (Lipinski definition) is 1. The van der Waals surface area contributed by atoms with Crippen molar-refractivity contribution in [1.29, 1.82) is 0 Å². The first kappa shape index (κ1) is 21.2. The number of anilines is 1. The van der Waals surface area contributed by atoms with Crippen LogP contribution in [0.15, 0.2) is 40.6 Å². The minimum Gasteiger partial charge on any atom is -0.545 e. The van der Waals surface area contributed by atoms with E-state index in [1.165, 1.54) is 29.4 Å². The van der Waals surface area contributed by atoms with Crippen molar-refractivity contribution in [3.63, 3.8) is 0 Å². The molecule has 2 heterocycles. The second kappa shape index (κ2) is 8.87. The van der Waals surface area contributed by atoms with Gasteiger partial charge in [0.15, 0.2) is 0 Å². The summed E-state index contributed by atoms with van der Waals surface area (Å²) in [4.78, 5) is 23.0. The molecule has 1 aromatic heterocycles. The van der Waals surface area contributed by atoms with Gasteiger partial charge in [0.25, 0.3) is 10.0 Å². The largest absolute Gasteiger partial charge is 0.545 e. The van der Waals surface area contributed by atoms with E-state index >= 15 is 0 Å². The van der Waals surface area contributed by atoms with E-state index in [2.05, 4.69) is 5.32 Å². The number of carboxylic acids is 1. The number of hydrogen-bond acceptors (Lipinski definition) is 7. The fourth-order valence-electron chi connectivity index (χ4n) is 2.78. The molecule has 1 fully saturated rings. The topological polar surface area (TPSA) is 116 Å². The lowest BCUT2D eigenvalue weighted by atomic mass is 10.1. The lowest BCUT2D eigenvalue weighted by Crippen LogP contribution is -2.40. The van der Waals surface area contributed by atoms with E-state index in [-0.39, 0.29) is 33.7 Å². The summed E-state index contributed by atoms with van der Waals surface area (Å²) in [7, 11) is -3.70. The molecule has 0 unspecified atom stereocenters. The Labute approximate surface area is 172 Å². The minimum atomic E-state index is -3.70. The van der Waals surface area contributed by atoms with Crippen LogP contribution in [0.5, 0.6) is 0 Å². The van der Waals surface area contributed by atoms with E-state index in [1.54, 1.807) is 24.3 Å². The lowest BCUT2D eigenvalue weighted by Gasteiger charge is -2.25. The highest BCUT2D eigenvalue weighted by molar-refractivity contribution is 7.91. The van der Waals surface area contributed by atoms with Crippen LogP contribution in [-0.2, 0) is 24.3 Å². The van der Waals surface area contributed by atoms with Crippen LogP contribution in [0.3, 0.4) is 0 Å². The quantitative estimate of drug-likeness (QED) is 0.678. The molecule has 1 saturated heterocycles. The van der Waals surface area contributed by atoms with Crippen LogP contribution < -0.4 is 10.4 Å². The van der Waals surface area contributed by atoms with Crippen molar-refractivity contribution in [3.05, 3.63) is 46.8 Å². The predicted octanol–water partition coefficient (Wildman–Crippen LogP) is 1.02. The molecule has 0 saturated carbocycles. The Hall–Kier alpha value is -2.53. The molecular formula is C19H19N2O6S2-. The highest BCUT2D eigenvalue weighted by Gasteiger charge is 2.28. The Morgan fingerprint density at radius 2 is 1.79 bits per heavy atom. The zero-order valence-electron chi connectivity index (χ0n) is 15.6. The monoisotopic (exact) mass is 435 g/mol. The zero-order valence-corrected chi connectivity index (χ0v) is 17.2. The van der Waals surface area contributed by atoms with Gasteiger partial charge in [0.2, 0.25) is 5.91 Å². The number of carbonyl (C=O) groups excluding carboxylic acids is 2. The second-order valence-electron chi connectivity index (χ2n) is 6.28. The van der Waals surface area contributed by atoms with Crippen molar-refractivity contribution >= 4 is 50.6 Å². The lowest BCUT2D eigenvalue weighted by molar-refractivity contribution is -0.295. The number of benzene rings is 1. The Balaban J connectivity index is 1.87. The summed E-state index contributed by atoms with van der Waals surface area (Å²) in [6.45, 7) is 2.58. The molecule has 0 atom stereocenters. The molecular weight excluding hydrogens is 416 g/mol. The van der Waals surface area contributed by atoms with Gasteiger partial charge in [0.05, 0.1) is 19.2 Å². The molecule has 3 rings (SSSR count). The van der Waals surface area contributed by atoms with Gasteiger partial charge in [-0.3, -0.25) is 4.79 Å². The van der Waals surface area contributed by atoms with E-state index in [0.717, 1.165) is 11.3 Å². The number of nitrogens with zero attached hydrogens (tertiary/aromatic N) is 1. The number of aliphatic carboxylic acids is 1. The van der Waals surface area contributed by atoms with Gasteiger partial charge in [-0.15, -0.1) is 11.3 Å². The Kier molecular flexibility index (Phi) is 6.48. The van der Waals surface area contributed by atoms with Crippen molar-refractivity contribution in [2.45, 2.75) is 11.1 Å². The maximum absolute atomic E-state index is 12.7. The first-order chi connectivity index (χ1) is 13.8. The molecule has 1 aliphatic heterocycles. The fourth-order valence-corrected chi connectivity index (χ4v) is 5.65. The summed E-state index contributed by atoms with van der Waals surface area (Å²) in [6.07, 6.45) is 1.41. The van der Waals surface area contributed by atoms with Crippen LogP contribution in [0.25, 0.3) is 11.6 Å². The molecule has 8 nitrogen and oxygen atoms in total. The molecule has 1 aliphatic rings. The van der Waals surface area contributed by atoms with Crippen LogP contribution >= 0.6 is 11.3 Å². The van der Waals surface area contributed by atoms with E-state index < -0.39 is 16.0 Å². The van der Waals surface area contributed by atoms with E-state index in [4.69, 9.17) is 4.74 Å². The predicted molar refractivity (Wildman–Crippen MR) is 108 cm³/mol. The van der Waals surface area contributed by atoms with Crippen molar-refractivity contribution in [2.24, 2.45) is 0 Å². The van der Waals surface area contributed by atoms with Crippen molar-refractivity contribution < 1.29 is 27.9 Å².